The third-order valence-electron chi connectivity index (χ3n) is 4.12. The van der Waals surface area contributed by atoms with Crippen molar-refractivity contribution >= 4 is 40.6 Å². The van der Waals surface area contributed by atoms with Crippen LogP contribution in [0.3, 0.4) is 0 Å². The summed E-state index contributed by atoms with van der Waals surface area (Å²) in [6.45, 7) is 1.54. The summed E-state index contributed by atoms with van der Waals surface area (Å²) in [6.07, 6.45) is 1.81. The number of Topliss-reactive ketones (excluding diaryl/α,β-unsaturated/α-hetero) is 1. The van der Waals surface area contributed by atoms with E-state index in [0.29, 0.717) is 34.1 Å². The zero-order valence-corrected chi connectivity index (χ0v) is 16.9. The molecule has 2 amide bonds. The van der Waals surface area contributed by atoms with Gasteiger partial charge in [-0.1, -0.05) is 18.5 Å². The molecule has 0 aliphatic heterocycles. The van der Waals surface area contributed by atoms with Crippen LogP contribution < -0.4 is 15.4 Å². The third-order valence-corrected chi connectivity index (χ3v) is 4.35. The van der Waals surface area contributed by atoms with Crippen LogP contribution >= 0.6 is 11.6 Å². The van der Waals surface area contributed by atoms with E-state index >= 15 is 0 Å². The Morgan fingerprint density at radius 3 is 2.43 bits per heavy atom. The normalized spacial score (nSPS) is 10.3. The number of hydrogen-bond acceptors (Lipinski definition) is 5. The molecule has 30 heavy (non-hydrogen) atoms. The van der Waals surface area contributed by atoms with E-state index in [9.17, 15) is 14.4 Å². The van der Waals surface area contributed by atoms with Gasteiger partial charge >= 0.3 is 0 Å². The fourth-order valence-corrected chi connectivity index (χ4v) is 2.77. The van der Waals surface area contributed by atoms with Crippen LogP contribution in [0.25, 0.3) is 0 Å². The van der Waals surface area contributed by atoms with Crippen LogP contribution in [0.15, 0.2) is 65.3 Å². The van der Waals surface area contributed by atoms with E-state index in [1.807, 2.05) is 0 Å². The molecule has 1 heterocycles. The summed E-state index contributed by atoms with van der Waals surface area (Å²) in [5.41, 5.74) is 1.27. The van der Waals surface area contributed by atoms with Crippen molar-refractivity contribution in [3.05, 3.63) is 77.2 Å². The van der Waals surface area contributed by atoms with Crippen molar-refractivity contribution < 1.29 is 23.5 Å². The second-order valence-electron chi connectivity index (χ2n) is 6.26. The highest BCUT2D eigenvalue weighted by molar-refractivity contribution is 6.31. The van der Waals surface area contributed by atoms with Crippen molar-refractivity contribution in [3.8, 4) is 5.75 Å². The topological polar surface area (TPSA) is 97.6 Å². The van der Waals surface area contributed by atoms with Crippen LogP contribution in [0.5, 0.6) is 5.75 Å². The first-order chi connectivity index (χ1) is 14.5. The van der Waals surface area contributed by atoms with E-state index < -0.39 is 11.8 Å². The molecule has 0 bridgehead atoms. The van der Waals surface area contributed by atoms with Gasteiger partial charge in [-0.05, 0) is 54.6 Å². The number of benzene rings is 2. The van der Waals surface area contributed by atoms with Crippen molar-refractivity contribution in [2.75, 3.05) is 17.2 Å². The highest BCUT2D eigenvalue weighted by Crippen LogP contribution is 2.26. The maximum absolute atomic E-state index is 12.3. The number of carbonyl (C=O) groups is 3. The van der Waals surface area contributed by atoms with Gasteiger partial charge < -0.3 is 19.8 Å². The number of halogens is 1. The first-order valence-electron chi connectivity index (χ1n) is 9.16. The quantitative estimate of drug-likeness (QED) is 0.504. The Hall–Kier alpha value is -3.58. The van der Waals surface area contributed by atoms with Gasteiger partial charge in [0.1, 0.15) is 5.75 Å². The molecule has 154 valence electrons. The summed E-state index contributed by atoms with van der Waals surface area (Å²) in [4.78, 5) is 36.2. The Morgan fingerprint density at radius 2 is 1.77 bits per heavy atom. The molecule has 0 aliphatic rings. The van der Waals surface area contributed by atoms with Crippen molar-refractivity contribution in [1.82, 2.24) is 0 Å². The monoisotopic (exact) mass is 426 g/mol. The van der Waals surface area contributed by atoms with Gasteiger partial charge in [0.2, 0.25) is 0 Å². The number of furan rings is 1. The molecule has 0 atom stereocenters. The molecule has 0 unspecified atom stereocenters. The molecule has 0 aliphatic carbocycles. The fraction of sp³-hybridized carbons (Fsp3) is 0.136. The predicted octanol–water partition coefficient (Wildman–Crippen LogP) is 4.80. The van der Waals surface area contributed by atoms with E-state index in [-0.39, 0.29) is 18.2 Å². The predicted molar refractivity (Wildman–Crippen MR) is 113 cm³/mol. The van der Waals surface area contributed by atoms with Crippen LogP contribution in [-0.4, -0.2) is 24.2 Å². The van der Waals surface area contributed by atoms with E-state index in [1.165, 1.54) is 18.4 Å². The van der Waals surface area contributed by atoms with E-state index in [0.717, 1.165) is 0 Å². The van der Waals surface area contributed by atoms with Crippen LogP contribution in [0.1, 0.15) is 34.3 Å². The Balaban J connectivity index is 1.62. The molecule has 0 saturated carbocycles. The van der Waals surface area contributed by atoms with Gasteiger partial charge in [0.15, 0.2) is 18.2 Å². The van der Waals surface area contributed by atoms with E-state index in [4.69, 9.17) is 20.8 Å². The molecule has 0 fully saturated rings. The number of hydrogen-bond donors (Lipinski definition) is 2. The molecular weight excluding hydrogens is 408 g/mol. The molecule has 0 saturated heterocycles. The van der Waals surface area contributed by atoms with Gasteiger partial charge in [-0.2, -0.15) is 0 Å². The molecule has 0 spiro atoms. The SMILES string of the molecule is CCC(=O)c1ccc(OCC(=O)Nc2ccc(Cl)cc2NC(=O)c2ccco2)cc1. The Morgan fingerprint density at radius 1 is 1.00 bits per heavy atom. The summed E-state index contributed by atoms with van der Waals surface area (Å²) >= 11 is 6.01. The average molecular weight is 427 g/mol. The summed E-state index contributed by atoms with van der Waals surface area (Å²) in [5.74, 6) is -0.290. The van der Waals surface area contributed by atoms with Gasteiger partial charge in [0.25, 0.3) is 11.8 Å². The van der Waals surface area contributed by atoms with Crippen molar-refractivity contribution in [3.63, 3.8) is 0 Å². The standard InChI is InChI=1S/C22H19ClN2O5/c1-2-19(26)14-5-8-16(9-6-14)30-13-21(27)24-17-10-7-15(23)12-18(17)25-22(28)20-4-3-11-29-20/h3-12H,2,13H2,1H3,(H,24,27)(H,25,28). The summed E-state index contributed by atoms with van der Waals surface area (Å²) < 4.78 is 10.5. The second kappa shape index (κ2) is 9.76. The molecule has 3 rings (SSSR count). The third kappa shape index (κ3) is 5.48. The lowest BCUT2D eigenvalue weighted by Gasteiger charge is -2.13. The first kappa shape index (κ1) is 21.1. The second-order valence-corrected chi connectivity index (χ2v) is 6.70. The summed E-state index contributed by atoms with van der Waals surface area (Å²) in [7, 11) is 0. The van der Waals surface area contributed by atoms with Crippen LogP contribution in [0.2, 0.25) is 5.02 Å². The van der Waals surface area contributed by atoms with Crippen molar-refractivity contribution in [2.45, 2.75) is 13.3 Å². The highest BCUT2D eigenvalue weighted by atomic mass is 35.5. The van der Waals surface area contributed by atoms with Gasteiger partial charge in [-0.15, -0.1) is 0 Å². The lowest BCUT2D eigenvalue weighted by Crippen LogP contribution is -2.21. The maximum atomic E-state index is 12.3. The smallest absolute Gasteiger partial charge is 0.291 e. The molecule has 2 aromatic carbocycles. The number of rotatable bonds is 8. The minimum Gasteiger partial charge on any atom is -0.484 e. The van der Waals surface area contributed by atoms with Gasteiger partial charge in [-0.3, -0.25) is 14.4 Å². The molecular formula is C22H19ClN2O5. The van der Waals surface area contributed by atoms with Gasteiger partial charge in [-0.25, -0.2) is 0 Å². The highest BCUT2D eigenvalue weighted by Gasteiger charge is 2.14. The zero-order valence-electron chi connectivity index (χ0n) is 16.1. The number of amides is 2. The number of carbonyl (C=O) groups excluding carboxylic acids is 3. The number of anilines is 2. The maximum Gasteiger partial charge on any atom is 0.291 e. The molecule has 3 aromatic rings. The number of ketones is 1. The van der Waals surface area contributed by atoms with E-state index in [2.05, 4.69) is 10.6 Å². The van der Waals surface area contributed by atoms with Crippen molar-refractivity contribution in [2.24, 2.45) is 0 Å². The Labute approximate surface area is 178 Å². The van der Waals surface area contributed by atoms with Crippen molar-refractivity contribution in [1.29, 1.82) is 0 Å². The van der Waals surface area contributed by atoms with E-state index in [1.54, 1.807) is 49.4 Å². The molecule has 1 aromatic heterocycles. The lowest BCUT2D eigenvalue weighted by molar-refractivity contribution is -0.118. The first-order valence-corrected chi connectivity index (χ1v) is 9.54. The largest absolute Gasteiger partial charge is 0.484 e. The molecule has 7 nitrogen and oxygen atoms in total. The Kier molecular flexibility index (Phi) is 6.87. The zero-order chi connectivity index (χ0) is 21.5. The fourth-order valence-electron chi connectivity index (χ4n) is 2.60. The lowest BCUT2D eigenvalue weighted by atomic mass is 10.1. The minimum absolute atomic E-state index is 0.0335. The number of ether oxygens (including phenoxy) is 1. The van der Waals surface area contributed by atoms with Gasteiger partial charge in [0.05, 0.1) is 17.6 Å². The van der Waals surface area contributed by atoms with Crippen LogP contribution in [0, 0.1) is 0 Å². The summed E-state index contributed by atoms with van der Waals surface area (Å²) in [6, 6.07) is 14.4. The molecule has 0 radical (unpaired) electrons. The van der Waals surface area contributed by atoms with Crippen LogP contribution in [0.4, 0.5) is 11.4 Å². The average Bonchev–Trinajstić information content (AvgIpc) is 3.29. The Bertz CT molecular complexity index is 1050. The minimum atomic E-state index is -0.476. The number of nitrogens with one attached hydrogen (secondary N) is 2. The van der Waals surface area contributed by atoms with Crippen LogP contribution in [-0.2, 0) is 4.79 Å². The molecule has 8 heteroatoms. The summed E-state index contributed by atoms with van der Waals surface area (Å²) in [5, 5.41) is 5.72. The van der Waals surface area contributed by atoms with Gasteiger partial charge in [0, 0.05) is 17.0 Å². The molecule has 2 N–H and O–H groups in total.